The fourth-order valence-corrected chi connectivity index (χ4v) is 2.33. The van der Waals surface area contributed by atoms with Crippen molar-refractivity contribution in [2.75, 3.05) is 39.8 Å². The molecular weight excluding hydrogens is 178 g/mol. The van der Waals surface area contributed by atoms with Gasteiger partial charge in [0.05, 0.1) is 6.54 Å². The number of hydrogen-bond donors (Lipinski definition) is 1. The molecule has 2 heterocycles. The number of carbonyl (C=O) groups excluding carboxylic acids is 1. The Morgan fingerprint density at radius 3 is 3.00 bits per heavy atom. The molecule has 1 amide bonds. The number of hydrogen-bond acceptors (Lipinski definition) is 3. The minimum atomic E-state index is 0.304. The summed E-state index contributed by atoms with van der Waals surface area (Å²) in [4.78, 5) is 16.1. The van der Waals surface area contributed by atoms with Gasteiger partial charge >= 0.3 is 0 Å². The summed E-state index contributed by atoms with van der Waals surface area (Å²) in [5.41, 5.74) is 0. The Hall–Kier alpha value is -0.610. The quantitative estimate of drug-likeness (QED) is 0.616. The molecule has 2 aliphatic rings. The van der Waals surface area contributed by atoms with Gasteiger partial charge in [-0.2, -0.15) is 0 Å². The molecule has 0 aromatic rings. The molecule has 0 radical (unpaired) electrons. The first kappa shape index (κ1) is 9.93. The number of nitrogens with one attached hydrogen (secondary N) is 1. The van der Waals surface area contributed by atoms with E-state index in [1.54, 1.807) is 0 Å². The van der Waals surface area contributed by atoms with Crippen LogP contribution in [0.5, 0.6) is 0 Å². The number of amides is 1. The van der Waals surface area contributed by atoms with Crippen LogP contribution in [0.2, 0.25) is 0 Å². The van der Waals surface area contributed by atoms with Crippen LogP contribution >= 0.6 is 0 Å². The van der Waals surface area contributed by atoms with Crippen molar-refractivity contribution in [3.63, 3.8) is 0 Å². The zero-order valence-corrected chi connectivity index (χ0v) is 8.83. The van der Waals surface area contributed by atoms with Gasteiger partial charge in [-0.1, -0.05) is 0 Å². The number of nitrogens with zero attached hydrogens (tertiary/aromatic N) is 2. The maximum atomic E-state index is 11.9. The Morgan fingerprint density at radius 1 is 1.43 bits per heavy atom. The van der Waals surface area contributed by atoms with Crippen molar-refractivity contribution in [3.05, 3.63) is 0 Å². The number of carbonyl (C=O) groups is 1. The van der Waals surface area contributed by atoms with Crippen molar-refractivity contribution < 1.29 is 4.79 Å². The summed E-state index contributed by atoms with van der Waals surface area (Å²) in [6, 6.07) is 0.453. The molecule has 80 valence electrons. The summed E-state index contributed by atoms with van der Waals surface area (Å²) in [5, 5.41) is 3.31. The lowest BCUT2D eigenvalue weighted by Gasteiger charge is -2.26. The van der Waals surface area contributed by atoms with E-state index in [2.05, 4.69) is 15.1 Å². The molecular formula is C10H19N3O. The summed E-state index contributed by atoms with van der Waals surface area (Å²) in [6.07, 6.45) is 2.23. The maximum Gasteiger partial charge on any atom is 0.237 e. The molecule has 0 aliphatic carbocycles. The van der Waals surface area contributed by atoms with E-state index in [9.17, 15) is 4.79 Å². The van der Waals surface area contributed by atoms with Crippen LogP contribution in [0.1, 0.15) is 12.8 Å². The maximum absolute atomic E-state index is 11.9. The molecule has 2 rings (SSSR count). The molecule has 0 saturated carbocycles. The lowest BCUT2D eigenvalue weighted by molar-refractivity contribution is -0.132. The lowest BCUT2D eigenvalue weighted by atomic mass is 10.2. The van der Waals surface area contributed by atoms with Gasteiger partial charge in [-0.15, -0.1) is 0 Å². The standard InChI is InChI=1S/C10H19N3O/c1-12-5-2-6-13(10(14)8-12)9-3-4-11-7-9/h9,11H,2-8H2,1H3. The third-order valence-electron chi connectivity index (χ3n) is 3.14. The predicted octanol–water partition coefficient (Wildman–Crippen LogP) is -0.488. The summed E-state index contributed by atoms with van der Waals surface area (Å²) >= 11 is 0. The van der Waals surface area contributed by atoms with E-state index in [0.717, 1.165) is 39.0 Å². The molecule has 2 saturated heterocycles. The number of likely N-dealkylation sites (N-methyl/N-ethyl adjacent to an activating group) is 1. The molecule has 0 aromatic heterocycles. The van der Waals surface area contributed by atoms with Crippen molar-refractivity contribution in [3.8, 4) is 0 Å². The molecule has 1 unspecified atom stereocenters. The highest BCUT2D eigenvalue weighted by atomic mass is 16.2. The van der Waals surface area contributed by atoms with E-state index in [0.29, 0.717) is 18.5 Å². The second kappa shape index (κ2) is 4.28. The second-order valence-corrected chi connectivity index (χ2v) is 4.33. The van der Waals surface area contributed by atoms with Gasteiger partial charge in [0.25, 0.3) is 0 Å². The van der Waals surface area contributed by atoms with Crippen LogP contribution in [0.4, 0.5) is 0 Å². The van der Waals surface area contributed by atoms with Gasteiger partial charge in [0.1, 0.15) is 0 Å². The van der Waals surface area contributed by atoms with Crippen molar-refractivity contribution >= 4 is 5.91 Å². The summed E-state index contributed by atoms with van der Waals surface area (Å²) in [6.45, 7) is 4.62. The Balaban J connectivity index is 1.98. The molecule has 4 heteroatoms. The SMILES string of the molecule is CN1CCCN(C2CCNC2)C(=O)C1. The summed E-state index contributed by atoms with van der Waals surface area (Å²) < 4.78 is 0. The van der Waals surface area contributed by atoms with Crippen molar-refractivity contribution in [2.24, 2.45) is 0 Å². The third-order valence-corrected chi connectivity index (χ3v) is 3.14. The normalized spacial score (nSPS) is 30.8. The van der Waals surface area contributed by atoms with Gasteiger partial charge in [0.2, 0.25) is 5.91 Å². The highest BCUT2D eigenvalue weighted by Gasteiger charge is 2.28. The molecule has 2 aliphatic heterocycles. The van der Waals surface area contributed by atoms with E-state index >= 15 is 0 Å². The Kier molecular flexibility index (Phi) is 3.03. The Bertz CT molecular complexity index is 213. The van der Waals surface area contributed by atoms with Crippen LogP contribution in [-0.4, -0.2) is 61.5 Å². The van der Waals surface area contributed by atoms with E-state index in [4.69, 9.17) is 0 Å². The molecule has 14 heavy (non-hydrogen) atoms. The minimum Gasteiger partial charge on any atom is -0.337 e. The van der Waals surface area contributed by atoms with Crippen LogP contribution in [-0.2, 0) is 4.79 Å². The Labute approximate surface area is 85.2 Å². The van der Waals surface area contributed by atoms with E-state index in [1.807, 2.05) is 7.05 Å². The van der Waals surface area contributed by atoms with E-state index < -0.39 is 0 Å². The van der Waals surface area contributed by atoms with Gasteiger partial charge in [0.15, 0.2) is 0 Å². The first-order valence-electron chi connectivity index (χ1n) is 5.46. The first-order chi connectivity index (χ1) is 6.77. The first-order valence-corrected chi connectivity index (χ1v) is 5.46. The lowest BCUT2D eigenvalue weighted by Crippen LogP contribution is -2.43. The van der Waals surface area contributed by atoms with Crippen molar-refractivity contribution in [1.29, 1.82) is 0 Å². The molecule has 1 atom stereocenters. The van der Waals surface area contributed by atoms with Gasteiger partial charge in [-0.25, -0.2) is 0 Å². The smallest absolute Gasteiger partial charge is 0.237 e. The topological polar surface area (TPSA) is 35.6 Å². The molecule has 1 N–H and O–H groups in total. The molecule has 2 fully saturated rings. The average molecular weight is 197 g/mol. The predicted molar refractivity (Wildman–Crippen MR) is 55.1 cm³/mol. The van der Waals surface area contributed by atoms with Gasteiger partial charge in [0, 0.05) is 25.7 Å². The van der Waals surface area contributed by atoms with Crippen molar-refractivity contribution in [2.45, 2.75) is 18.9 Å². The third kappa shape index (κ3) is 2.07. The second-order valence-electron chi connectivity index (χ2n) is 4.33. The fraction of sp³-hybridized carbons (Fsp3) is 0.900. The van der Waals surface area contributed by atoms with Gasteiger partial charge < -0.3 is 10.2 Å². The zero-order valence-electron chi connectivity index (χ0n) is 8.83. The van der Waals surface area contributed by atoms with Gasteiger partial charge in [-0.3, -0.25) is 9.69 Å². The zero-order chi connectivity index (χ0) is 9.97. The van der Waals surface area contributed by atoms with Crippen LogP contribution in [0.3, 0.4) is 0 Å². The number of rotatable bonds is 1. The van der Waals surface area contributed by atoms with Crippen LogP contribution in [0.25, 0.3) is 0 Å². The van der Waals surface area contributed by atoms with E-state index in [1.165, 1.54) is 0 Å². The van der Waals surface area contributed by atoms with Crippen LogP contribution in [0, 0.1) is 0 Å². The Morgan fingerprint density at radius 2 is 2.29 bits per heavy atom. The summed E-state index contributed by atoms with van der Waals surface area (Å²) in [5.74, 6) is 0.304. The molecule has 0 spiro atoms. The highest BCUT2D eigenvalue weighted by Crippen LogP contribution is 2.12. The van der Waals surface area contributed by atoms with Crippen molar-refractivity contribution in [1.82, 2.24) is 15.1 Å². The van der Waals surface area contributed by atoms with E-state index in [-0.39, 0.29) is 0 Å². The fourth-order valence-electron chi connectivity index (χ4n) is 2.33. The molecule has 0 bridgehead atoms. The molecule has 4 nitrogen and oxygen atoms in total. The summed E-state index contributed by atoms with van der Waals surface area (Å²) in [7, 11) is 2.02. The highest BCUT2D eigenvalue weighted by molar-refractivity contribution is 5.78. The van der Waals surface area contributed by atoms with Gasteiger partial charge in [-0.05, 0) is 26.4 Å². The van der Waals surface area contributed by atoms with Crippen LogP contribution < -0.4 is 5.32 Å². The minimum absolute atomic E-state index is 0.304. The van der Waals surface area contributed by atoms with Crippen LogP contribution in [0.15, 0.2) is 0 Å². The average Bonchev–Trinajstić information content (AvgIpc) is 2.59. The monoisotopic (exact) mass is 197 g/mol. The largest absolute Gasteiger partial charge is 0.337 e. The molecule has 0 aromatic carbocycles.